The Balaban J connectivity index is 1.70. The van der Waals surface area contributed by atoms with E-state index in [-0.39, 0.29) is 0 Å². The summed E-state index contributed by atoms with van der Waals surface area (Å²) >= 11 is 0. The van der Waals surface area contributed by atoms with Gasteiger partial charge in [-0.3, -0.25) is 4.90 Å². The lowest BCUT2D eigenvalue weighted by Gasteiger charge is -2.48. The molecule has 0 spiro atoms. The fourth-order valence-electron chi connectivity index (χ4n) is 3.00. The molecule has 0 bridgehead atoms. The highest BCUT2D eigenvalue weighted by molar-refractivity contribution is 4.90. The van der Waals surface area contributed by atoms with Gasteiger partial charge in [-0.1, -0.05) is 13.8 Å². The molecule has 0 aromatic carbocycles. The van der Waals surface area contributed by atoms with E-state index in [1.54, 1.807) is 0 Å². The number of nitrogens with one attached hydrogen (secondary N) is 1. The van der Waals surface area contributed by atoms with Crippen LogP contribution < -0.4 is 5.32 Å². The molecule has 1 aliphatic heterocycles. The van der Waals surface area contributed by atoms with E-state index in [0.29, 0.717) is 0 Å². The van der Waals surface area contributed by atoms with Crippen LogP contribution >= 0.6 is 0 Å². The minimum atomic E-state index is 0.795. The van der Waals surface area contributed by atoms with Crippen LogP contribution in [0.1, 0.15) is 39.5 Å². The lowest BCUT2D eigenvalue weighted by molar-refractivity contribution is 0.0106. The number of hydrogen-bond acceptors (Lipinski definition) is 2. The zero-order chi connectivity index (χ0) is 10.8. The third kappa shape index (κ3) is 2.54. The van der Waals surface area contributed by atoms with Gasteiger partial charge < -0.3 is 5.32 Å². The molecule has 15 heavy (non-hydrogen) atoms. The highest BCUT2D eigenvalue weighted by Crippen LogP contribution is 2.31. The van der Waals surface area contributed by atoms with Crippen molar-refractivity contribution in [2.75, 3.05) is 20.1 Å². The number of hydrogen-bond donors (Lipinski definition) is 1. The molecule has 1 saturated carbocycles. The maximum absolute atomic E-state index is 3.41. The van der Waals surface area contributed by atoms with Crippen LogP contribution in [0.4, 0.5) is 0 Å². The van der Waals surface area contributed by atoms with Crippen molar-refractivity contribution >= 4 is 0 Å². The van der Waals surface area contributed by atoms with Gasteiger partial charge in [-0.2, -0.15) is 0 Å². The second kappa shape index (κ2) is 4.84. The Labute approximate surface area is 94.4 Å². The van der Waals surface area contributed by atoms with Crippen LogP contribution in [0.15, 0.2) is 0 Å². The Hall–Kier alpha value is -0.0800. The Bertz CT molecular complexity index is 189. The number of likely N-dealkylation sites (tertiary alicyclic amines) is 1. The average Bonchev–Trinajstić information content (AvgIpc) is 2.16. The predicted molar refractivity (Wildman–Crippen MR) is 65.0 cm³/mol. The van der Waals surface area contributed by atoms with Gasteiger partial charge in [-0.15, -0.1) is 0 Å². The van der Waals surface area contributed by atoms with Crippen molar-refractivity contribution in [3.63, 3.8) is 0 Å². The summed E-state index contributed by atoms with van der Waals surface area (Å²) in [6.07, 6.45) is 5.58. The maximum atomic E-state index is 3.41. The van der Waals surface area contributed by atoms with Crippen molar-refractivity contribution in [2.45, 2.75) is 51.6 Å². The lowest BCUT2D eigenvalue weighted by atomic mass is 9.83. The quantitative estimate of drug-likeness (QED) is 0.767. The van der Waals surface area contributed by atoms with Crippen LogP contribution in [0.2, 0.25) is 0 Å². The standard InChI is InChI=1S/C13H26N2/c1-10(2)11-8-15(9-11)13-6-4-12(14-3)5-7-13/h10-14H,4-9H2,1-3H3. The molecule has 2 fully saturated rings. The van der Waals surface area contributed by atoms with E-state index >= 15 is 0 Å². The molecule has 0 amide bonds. The first-order valence-corrected chi connectivity index (χ1v) is 6.62. The molecule has 2 nitrogen and oxygen atoms in total. The van der Waals surface area contributed by atoms with Gasteiger partial charge in [0, 0.05) is 25.2 Å². The van der Waals surface area contributed by atoms with E-state index in [9.17, 15) is 0 Å². The fraction of sp³-hybridized carbons (Fsp3) is 1.00. The zero-order valence-electron chi connectivity index (χ0n) is 10.5. The third-order valence-electron chi connectivity index (χ3n) is 4.50. The summed E-state index contributed by atoms with van der Waals surface area (Å²) in [4.78, 5) is 2.72. The van der Waals surface area contributed by atoms with Crippen LogP contribution in [0, 0.1) is 11.8 Å². The fourth-order valence-corrected chi connectivity index (χ4v) is 3.00. The SMILES string of the molecule is CNC1CCC(N2CC(C(C)C)C2)CC1. The van der Waals surface area contributed by atoms with Crippen molar-refractivity contribution in [1.29, 1.82) is 0 Å². The molecule has 1 saturated heterocycles. The summed E-state index contributed by atoms with van der Waals surface area (Å²) < 4.78 is 0. The predicted octanol–water partition coefficient (Wildman–Crippen LogP) is 2.10. The highest BCUT2D eigenvalue weighted by Gasteiger charge is 2.35. The van der Waals surface area contributed by atoms with Crippen molar-refractivity contribution in [3.05, 3.63) is 0 Å². The first-order valence-electron chi connectivity index (χ1n) is 6.62. The van der Waals surface area contributed by atoms with Gasteiger partial charge in [0.2, 0.25) is 0 Å². The zero-order valence-corrected chi connectivity index (χ0v) is 10.5. The molecule has 0 radical (unpaired) electrons. The molecule has 0 unspecified atom stereocenters. The molecule has 1 N–H and O–H groups in total. The molecular formula is C13H26N2. The third-order valence-corrected chi connectivity index (χ3v) is 4.50. The van der Waals surface area contributed by atoms with E-state index in [0.717, 1.165) is 23.9 Å². The summed E-state index contributed by atoms with van der Waals surface area (Å²) in [5, 5.41) is 3.41. The molecule has 88 valence electrons. The summed E-state index contributed by atoms with van der Waals surface area (Å²) in [6, 6.07) is 1.70. The minimum Gasteiger partial charge on any atom is -0.317 e. The summed E-state index contributed by atoms with van der Waals surface area (Å²) in [5.74, 6) is 1.86. The first-order chi connectivity index (χ1) is 7.20. The van der Waals surface area contributed by atoms with Crippen molar-refractivity contribution in [1.82, 2.24) is 10.2 Å². The maximum Gasteiger partial charge on any atom is 0.00966 e. The van der Waals surface area contributed by atoms with Gasteiger partial charge in [-0.25, -0.2) is 0 Å². The second-order valence-corrected chi connectivity index (χ2v) is 5.75. The highest BCUT2D eigenvalue weighted by atomic mass is 15.2. The molecule has 0 aromatic heterocycles. The monoisotopic (exact) mass is 210 g/mol. The summed E-state index contributed by atoms with van der Waals surface area (Å²) in [7, 11) is 2.10. The molecule has 0 atom stereocenters. The smallest absolute Gasteiger partial charge is 0.00966 e. The first kappa shape index (κ1) is 11.4. The van der Waals surface area contributed by atoms with Gasteiger partial charge >= 0.3 is 0 Å². The van der Waals surface area contributed by atoms with Crippen LogP contribution in [-0.2, 0) is 0 Å². The van der Waals surface area contributed by atoms with Gasteiger partial charge in [0.25, 0.3) is 0 Å². The van der Waals surface area contributed by atoms with Crippen molar-refractivity contribution in [3.8, 4) is 0 Å². The number of nitrogens with zero attached hydrogens (tertiary/aromatic N) is 1. The average molecular weight is 210 g/mol. The molecule has 1 heterocycles. The van der Waals surface area contributed by atoms with E-state index in [1.807, 2.05) is 0 Å². The van der Waals surface area contributed by atoms with Crippen LogP contribution in [0.5, 0.6) is 0 Å². The molecule has 1 aliphatic carbocycles. The van der Waals surface area contributed by atoms with Gasteiger partial charge in [0.15, 0.2) is 0 Å². The largest absolute Gasteiger partial charge is 0.317 e. The topological polar surface area (TPSA) is 15.3 Å². The van der Waals surface area contributed by atoms with E-state index < -0.39 is 0 Å². The van der Waals surface area contributed by atoms with Crippen LogP contribution in [0.3, 0.4) is 0 Å². The molecule has 2 rings (SSSR count). The molecule has 2 heteroatoms. The van der Waals surface area contributed by atoms with Crippen LogP contribution in [-0.4, -0.2) is 37.1 Å². The minimum absolute atomic E-state index is 0.795. The van der Waals surface area contributed by atoms with Gasteiger partial charge in [0.1, 0.15) is 0 Å². The normalized spacial score (nSPS) is 34.4. The molecule has 0 aromatic rings. The van der Waals surface area contributed by atoms with Crippen molar-refractivity contribution in [2.24, 2.45) is 11.8 Å². The van der Waals surface area contributed by atoms with Gasteiger partial charge in [0.05, 0.1) is 0 Å². The number of rotatable bonds is 3. The Morgan fingerprint density at radius 1 is 1.07 bits per heavy atom. The Morgan fingerprint density at radius 2 is 1.67 bits per heavy atom. The van der Waals surface area contributed by atoms with Crippen LogP contribution in [0.25, 0.3) is 0 Å². The van der Waals surface area contributed by atoms with Gasteiger partial charge in [-0.05, 0) is 44.6 Å². The summed E-state index contributed by atoms with van der Waals surface area (Å²) in [5.41, 5.74) is 0. The Kier molecular flexibility index (Phi) is 3.68. The molecular weight excluding hydrogens is 184 g/mol. The molecule has 2 aliphatic rings. The Morgan fingerprint density at radius 3 is 2.13 bits per heavy atom. The second-order valence-electron chi connectivity index (χ2n) is 5.75. The summed E-state index contributed by atoms with van der Waals surface area (Å²) in [6.45, 7) is 7.46. The lowest BCUT2D eigenvalue weighted by Crippen LogP contribution is -2.55. The van der Waals surface area contributed by atoms with Crippen molar-refractivity contribution < 1.29 is 0 Å². The van der Waals surface area contributed by atoms with E-state index in [1.165, 1.54) is 38.8 Å². The van der Waals surface area contributed by atoms with E-state index in [2.05, 4.69) is 31.1 Å². The van der Waals surface area contributed by atoms with E-state index in [4.69, 9.17) is 0 Å².